The molecule has 1 aromatic heterocycles. The molecule has 0 aliphatic carbocycles. The van der Waals surface area contributed by atoms with Gasteiger partial charge in [-0.05, 0) is 25.7 Å². The molecule has 128 valence electrons. The van der Waals surface area contributed by atoms with Crippen molar-refractivity contribution in [1.29, 1.82) is 0 Å². The number of hydrogen-bond acceptors (Lipinski definition) is 4. The van der Waals surface area contributed by atoms with Crippen molar-refractivity contribution in [2.45, 2.75) is 38.3 Å². The number of hydrogen-bond donors (Lipinski definition) is 1. The molecule has 3 aliphatic heterocycles. The first-order chi connectivity index (χ1) is 10.8. The van der Waals surface area contributed by atoms with E-state index in [1.807, 2.05) is 9.58 Å². The predicted molar refractivity (Wildman–Crippen MR) is 91.2 cm³/mol. The molecule has 23 heavy (non-hydrogen) atoms. The van der Waals surface area contributed by atoms with Crippen molar-refractivity contribution in [1.82, 2.24) is 24.9 Å². The van der Waals surface area contributed by atoms with Gasteiger partial charge in [0.1, 0.15) is 0 Å². The summed E-state index contributed by atoms with van der Waals surface area (Å²) in [6, 6.07) is 0.539. The van der Waals surface area contributed by atoms with Crippen molar-refractivity contribution >= 4 is 18.3 Å². The molecular weight excluding hydrogens is 314 g/mol. The van der Waals surface area contributed by atoms with Crippen molar-refractivity contribution in [3.05, 3.63) is 17.5 Å². The molecule has 2 fully saturated rings. The zero-order chi connectivity index (χ0) is 14.9. The number of nitrogens with zero attached hydrogens (tertiary/aromatic N) is 4. The SMILES string of the molecule is Cl.O=C(c1cnn2c1CCCC2)N1CCC(N2CCNCC2)C1. The molecule has 0 radical (unpaired) electrons. The number of nitrogens with one attached hydrogen (secondary N) is 1. The summed E-state index contributed by atoms with van der Waals surface area (Å²) in [5.41, 5.74) is 2.00. The number of aryl methyl sites for hydroxylation is 1. The van der Waals surface area contributed by atoms with Gasteiger partial charge in [0.15, 0.2) is 0 Å². The normalized spacial score (nSPS) is 25.0. The number of aromatic nitrogens is 2. The number of likely N-dealkylation sites (tertiary alicyclic amines) is 1. The van der Waals surface area contributed by atoms with E-state index in [0.717, 1.165) is 69.9 Å². The third-order valence-electron chi connectivity index (χ3n) is 5.33. The lowest BCUT2D eigenvalue weighted by atomic mass is 10.1. The van der Waals surface area contributed by atoms with Gasteiger partial charge in [-0.1, -0.05) is 0 Å². The summed E-state index contributed by atoms with van der Waals surface area (Å²) in [5.74, 6) is 0.195. The van der Waals surface area contributed by atoms with E-state index in [0.29, 0.717) is 6.04 Å². The highest BCUT2D eigenvalue weighted by molar-refractivity contribution is 5.95. The van der Waals surface area contributed by atoms with Gasteiger partial charge in [-0.15, -0.1) is 12.4 Å². The Morgan fingerprint density at radius 2 is 2.00 bits per heavy atom. The fourth-order valence-corrected chi connectivity index (χ4v) is 4.04. The number of carbonyl (C=O) groups is 1. The molecule has 1 amide bonds. The maximum Gasteiger partial charge on any atom is 0.257 e. The average Bonchev–Trinajstić information content (AvgIpc) is 3.22. The van der Waals surface area contributed by atoms with Crippen LogP contribution in [0.2, 0.25) is 0 Å². The standard InChI is InChI=1S/C16H25N5O.ClH/c22-16(14-11-18-21-7-2-1-3-15(14)21)20-8-4-13(12-20)19-9-5-17-6-10-19;/h11,13,17H,1-10,12H2;1H. The third-order valence-corrected chi connectivity index (χ3v) is 5.33. The van der Waals surface area contributed by atoms with E-state index in [-0.39, 0.29) is 18.3 Å². The van der Waals surface area contributed by atoms with E-state index in [9.17, 15) is 4.79 Å². The van der Waals surface area contributed by atoms with Gasteiger partial charge in [-0.2, -0.15) is 5.10 Å². The van der Waals surface area contributed by atoms with E-state index in [2.05, 4.69) is 15.3 Å². The molecule has 7 heteroatoms. The Kier molecular flexibility index (Phi) is 5.24. The van der Waals surface area contributed by atoms with Gasteiger partial charge in [0.05, 0.1) is 17.5 Å². The second kappa shape index (κ2) is 7.20. The van der Waals surface area contributed by atoms with Gasteiger partial charge >= 0.3 is 0 Å². The van der Waals surface area contributed by atoms with Crippen molar-refractivity contribution in [3.63, 3.8) is 0 Å². The Balaban J connectivity index is 0.00000156. The summed E-state index contributed by atoms with van der Waals surface area (Å²) in [5, 5.41) is 7.80. The third kappa shape index (κ3) is 3.25. The first kappa shape index (κ1) is 16.7. The van der Waals surface area contributed by atoms with E-state index in [1.54, 1.807) is 6.20 Å². The first-order valence-electron chi connectivity index (χ1n) is 8.61. The molecule has 0 spiro atoms. The van der Waals surface area contributed by atoms with Crippen molar-refractivity contribution in [2.24, 2.45) is 0 Å². The molecule has 1 N–H and O–H groups in total. The second-order valence-corrected chi connectivity index (χ2v) is 6.66. The van der Waals surface area contributed by atoms with Crippen LogP contribution in [0.5, 0.6) is 0 Å². The highest BCUT2D eigenvalue weighted by atomic mass is 35.5. The Morgan fingerprint density at radius 3 is 2.83 bits per heavy atom. The maximum atomic E-state index is 12.9. The summed E-state index contributed by atoms with van der Waals surface area (Å²) in [7, 11) is 0. The minimum absolute atomic E-state index is 0. The first-order valence-corrected chi connectivity index (χ1v) is 8.61. The highest BCUT2D eigenvalue weighted by Gasteiger charge is 2.33. The number of halogens is 1. The summed E-state index contributed by atoms with van der Waals surface area (Å²) >= 11 is 0. The fourth-order valence-electron chi connectivity index (χ4n) is 4.04. The lowest BCUT2D eigenvalue weighted by Crippen LogP contribution is -2.49. The number of amides is 1. The molecule has 2 saturated heterocycles. The Hall–Kier alpha value is -1.11. The molecule has 6 nitrogen and oxygen atoms in total. The summed E-state index contributed by atoms with van der Waals surface area (Å²) in [6.07, 6.45) is 6.25. The van der Waals surface area contributed by atoms with E-state index >= 15 is 0 Å². The van der Waals surface area contributed by atoms with E-state index < -0.39 is 0 Å². The van der Waals surface area contributed by atoms with Crippen LogP contribution in [0, 0.1) is 0 Å². The zero-order valence-electron chi connectivity index (χ0n) is 13.5. The van der Waals surface area contributed by atoms with Crippen LogP contribution in [0.1, 0.15) is 35.3 Å². The van der Waals surface area contributed by atoms with Crippen LogP contribution >= 0.6 is 12.4 Å². The molecule has 4 heterocycles. The van der Waals surface area contributed by atoms with Crippen LogP contribution in [0.4, 0.5) is 0 Å². The minimum atomic E-state index is 0. The monoisotopic (exact) mass is 339 g/mol. The molecule has 0 aromatic carbocycles. The van der Waals surface area contributed by atoms with Crippen LogP contribution in [0.25, 0.3) is 0 Å². The van der Waals surface area contributed by atoms with Crippen LogP contribution in [0.3, 0.4) is 0 Å². The molecule has 0 bridgehead atoms. The predicted octanol–water partition coefficient (Wildman–Crippen LogP) is 0.761. The van der Waals surface area contributed by atoms with Gasteiger partial charge < -0.3 is 10.2 Å². The number of fused-ring (bicyclic) bond motifs is 1. The molecule has 4 rings (SSSR count). The number of carbonyl (C=O) groups excluding carboxylic acids is 1. The van der Waals surface area contributed by atoms with Crippen molar-refractivity contribution < 1.29 is 4.79 Å². The molecule has 1 atom stereocenters. The van der Waals surface area contributed by atoms with Crippen molar-refractivity contribution in [2.75, 3.05) is 39.3 Å². The molecule has 1 aromatic rings. The lowest BCUT2D eigenvalue weighted by Gasteiger charge is -2.32. The van der Waals surface area contributed by atoms with E-state index in [1.165, 1.54) is 12.8 Å². The molecule has 3 aliphatic rings. The minimum Gasteiger partial charge on any atom is -0.337 e. The highest BCUT2D eigenvalue weighted by Crippen LogP contribution is 2.23. The molecule has 0 saturated carbocycles. The van der Waals surface area contributed by atoms with Gasteiger partial charge in [-0.25, -0.2) is 0 Å². The maximum absolute atomic E-state index is 12.9. The largest absolute Gasteiger partial charge is 0.337 e. The lowest BCUT2D eigenvalue weighted by molar-refractivity contribution is 0.0772. The van der Waals surface area contributed by atoms with Crippen LogP contribution < -0.4 is 5.32 Å². The van der Waals surface area contributed by atoms with Gasteiger partial charge in [0, 0.05) is 51.9 Å². The van der Waals surface area contributed by atoms with Gasteiger partial charge in [-0.3, -0.25) is 14.4 Å². The topological polar surface area (TPSA) is 53.4 Å². The zero-order valence-corrected chi connectivity index (χ0v) is 14.4. The number of piperazine rings is 1. The summed E-state index contributed by atoms with van der Waals surface area (Å²) in [6.45, 7) is 7.09. The van der Waals surface area contributed by atoms with Gasteiger partial charge in [0.25, 0.3) is 5.91 Å². The summed E-state index contributed by atoms with van der Waals surface area (Å²) < 4.78 is 2.03. The molecular formula is C16H26ClN5O. The molecule has 1 unspecified atom stereocenters. The second-order valence-electron chi connectivity index (χ2n) is 6.66. The van der Waals surface area contributed by atoms with Gasteiger partial charge in [0.2, 0.25) is 0 Å². The van der Waals surface area contributed by atoms with Crippen LogP contribution in [-0.2, 0) is 13.0 Å². The average molecular weight is 340 g/mol. The fraction of sp³-hybridized carbons (Fsp3) is 0.750. The van der Waals surface area contributed by atoms with Crippen molar-refractivity contribution in [3.8, 4) is 0 Å². The Bertz CT molecular complexity index is 555. The number of rotatable bonds is 2. The Labute approximate surface area is 143 Å². The van der Waals surface area contributed by atoms with Crippen LogP contribution in [0.15, 0.2) is 6.20 Å². The Morgan fingerprint density at radius 1 is 1.17 bits per heavy atom. The van der Waals surface area contributed by atoms with Crippen LogP contribution in [-0.4, -0.2) is 70.8 Å². The quantitative estimate of drug-likeness (QED) is 0.864. The summed E-state index contributed by atoms with van der Waals surface area (Å²) in [4.78, 5) is 17.4. The van der Waals surface area contributed by atoms with E-state index in [4.69, 9.17) is 0 Å². The smallest absolute Gasteiger partial charge is 0.257 e.